The Morgan fingerprint density at radius 2 is 2.45 bits per heavy atom. The van der Waals surface area contributed by atoms with Gasteiger partial charge in [-0.05, 0) is 19.1 Å². The average Bonchev–Trinajstić information content (AvgIpc) is 2.06. The van der Waals surface area contributed by atoms with Crippen molar-refractivity contribution < 1.29 is 4.79 Å². The van der Waals surface area contributed by atoms with E-state index in [4.69, 9.17) is 0 Å². The Balaban J connectivity index is 2.57. The van der Waals surface area contributed by atoms with Gasteiger partial charge in [-0.3, -0.25) is 0 Å². The first kappa shape index (κ1) is 7.72. The molecule has 1 atom stereocenters. The standard InChI is InChI=1S/C8H10N2O/c1-7(6-11)10-8-4-2-3-5-9-8/h2-7H,1H3,(H,9,10)/t7-/m0/s1. The molecule has 1 heterocycles. The largest absolute Gasteiger partial charge is 0.361 e. The van der Waals surface area contributed by atoms with Gasteiger partial charge in [0.15, 0.2) is 0 Å². The van der Waals surface area contributed by atoms with Gasteiger partial charge in [-0.1, -0.05) is 6.07 Å². The molecule has 0 saturated heterocycles. The molecule has 0 radical (unpaired) electrons. The van der Waals surface area contributed by atoms with Gasteiger partial charge in [-0.25, -0.2) is 4.98 Å². The second kappa shape index (κ2) is 3.71. The fraction of sp³-hybridized carbons (Fsp3) is 0.250. The molecule has 3 heteroatoms. The first-order valence-corrected chi connectivity index (χ1v) is 3.46. The summed E-state index contributed by atoms with van der Waals surface area (Å²) in [7, 11) is 0. The highest BCUT2D eigenvalue weighted by Crippen LogP contribution is 2.00. The quantitative estimate of drug-likeness (QED) is 0.655. The molecule has 0 unspecified atom stereocenters. The number of carbonyl (C=O) groups excluding carboxylic acids is 1. The van der Waals surface area contributed by atoms with E-state index in [1.807, 2.05) is 18.2 Å². The highest BCUT2D eigenvalue weighted by atomic mass is 16.1. The molecule has 0 aliphatic heterocycles. The Morgan fingerprint density at radius 1 is 1.64 bits per heavy atom. The van der Waals surface area contributed by atoms with Crippen molar-refractivity contribution in [3.8, 4) is 0 Å². The van der Waals surface area contributed by atoms with Gasteiger partial charge in [0, 0.05) is 6.20 Å². The lowest BCUT2D eigenvalue weighted by atomic mass is 10.3. The number of nitrogens with one attached hydrogen (secondary N) is 1. The number of carbonyl (C=O) groups is 1. The number of anilines is 1. The predicted molar refractivity (Wildman–Crippen MR) is 43.4 cm³/mol. The van der Waals surface area contributed by atoms with E-state index < -0.39 is 0 Å². The second-order valence-corrected chi connectivity index (χ2v) is 2.28. The topological polar surface area (TPSA) is 42.0 Å². The Morgan fingerprint density at radius 3 is 3.00 bits per heavy atom. The summed E-state index contributed by atoms with van der Waals surface area (Å²) in [6.45, 7) is 1.78. The van der Waals surface area contributed by atoms with Gasteiger partial charge in [0.1, 0.15) is 12.1 Å². The van der Waals surface area contributed by atoms with Gasteiger partial charge in [-0.15, -0.1) is 0 Å². The molecule has 0 aliphatic carbocycles. The molecule has 0 amide bonds. The van der Waals surface area contributed by atoms with E-state index in [9.17, 15) is 4.79 Å². The van der Waals surface area contributed by atoms with Crippen molar-refractivity contribution >= 4 is 12.1 Å². The van der Waals surface area contributed by atoms with Crippen molar-refractivity contribution in [2.24, 2.45) is 0 Å². The van der Waals surface area contributed by atoms with Gasteiger partial charge >= 0.3 is 0 Å². The van der Waals surface area contributed by atoms with Crippen molar-refractivity contribution in [1.29, 1.82) is 0 Å². The van der Waals surface area contributed by atoms with Gasteiger partial charge in [0.05, 0.1) is 6.04 Å². The summed E-state index contributed by atoms with van der Waals surface area (Å²) in [6, 6.07) is 5.34. The number of hydrogen-bond donors (Lipinski definition) is 1. The number of nitrogens with zero attached hydrogens (tertiary/aromatic N) is 1. The third-order valence-corrected chi connectivity index (χ3v) is 1.24. The van der Waals surface area contributed by atoms with Crippen LogP contribution < -0.4 is 5.32 Å². The van der Waals surface area contributed by atoms with Crippen LogP contribution in [0.1, 0.15) is 6.92 Å². The van der Waals surface area contributed by atoms with E-state index >= 15 is 0 Å². The van der Waals surface area contributed by atoms with Crippen LogP contribution >= 0.6 is 0 Å². The number of aromatic nitrogens is 1. The van der Waals surface area contributed by atoms with E-state index in [1.54, 1.807) is 13.1 Å². The summed E-state index contributed by atoms with van der Waals surface area (Å²) >= 11 is 0. The first-order chi connectivity index (χ1) is 5.33. The summed E-state index contributed by atoms with van der Waals surface area (Å²) in [5, 5.41) is 2.91. The molecule has 1 rings (SSSR count). The zero-order valence-corrected chi connectivity index (χ0v) is 6.32. The summed E-state index contributed by atoms with van der Waals surface area (Å²) in [5.74, 6) is 0.729. The minimum atomic E-state index is -0.176. The highest BCUT2D eigenvalue weighted by Gasteiger charge is 1.97. The van der Waals surface area contributed by atoms with E-state index in [2.05, 4.69) is 10.3 Å². The summed E-state index contributed by atoms with van der Waals surface area (Å²) in [4.78, 5) is 14.2. The zero-order chi connectivity index (χ0) is 8.10. The molecule has 1 aromatic heterocycles. The van der Waals surface area contributed by atoms with Crippen LogP contribution in [0.25, 0.3) is 0 Å². The van der Waals surface area contributed by atoms with Crippen LogP contribution in [-0.2, 0) is 4.79 Å². The van der Waals surface area contributed by atoms with E-state index in [0.717, 1.165) is 12.1 Å². The van der Waals surface area contributed by atoms with Gasteiger partial charge in [0.25, 0.3) is 0 Å². The first-order valence-electron chi connectivity index (χ1n) is 3.46. The van der Waals surface area contributed by atoms with Crippen LogP contribution in [0.5, 0.6) is 0 Å². The van der Waals surface area contributed by atoms with Gasteiger partial charge in [-0.2, -0.15) is 0 Å². The SMILES string of the molecule is C[C@@H](C=O)Nc1ccccn1. The fourth-order valence-electron chi connectivity index (χ4n) is 0.715. The maximum absolute atomic E-state index is 10.2. The van der Waals surface area contributed by atoms with E-state index in [0.29, 0.717) is 0 Å². The molecule has 3 nitrogen and oxygen atoms in total. The molecule has 1 N–H and O–H groups in total. The summed E-state index contributed by atoms with van der Waals surface area (Å²) < 4.78 is 0. The monoisotopic (exact) mass is 150 g/mol. The van der Waals surface area contributed by atoms with E-state index in [-0.39, 0.29) is 6.04 Å². The molecule has 11 heavy (non-hydrogen) atoms. The van der Waals surface area contributed by atoms with Crippen LogP contribution in [0.3, 0.4) is 0 Å². The Bertz CT molecular complexity index is 223. The van der Waals surface area contributed by atoms with Crippen molar-refractivity contribution in [3.63, 3.8) is 0 Å². The lowest BCUT2D eigenvalue weighted by Gasteiger charge is -2.05. The van der Waals surface area contributed by atoms with Crippen molar-refractivity contribution in [3.05, 3.63) is 24.4 Å². The summed E-state index contributed by atoms with van der Waals surface area (Å²) in [5.41, 5.74) is 0. The van der Waals surface area contributed by atoms with Gasteiger partial charge in [0.2, 0.25) is 0 Å². The van der Waals surface area contributed by atoms with E-state index in [1.165, 1.54) is 0 Å². The minimum Gasteiger partial charge on any atom is -0.361 e. The third-order valence-electron chi connectivity index (χ3n) is 1.24. The molecule has 0 aromatic carbocycles. The molecule has 0 fully saturated rings. The average molecular weight is 150 g/mol. The van der Waals surface area contributed by atoms with Gasteiger partial charge < -0.3 is 10.1 Å². The fourth-order valence-corrected chi connectivity index (χ4v) is 0.715. The Labute approximate surface area is 65.5 Å². The van der Waals surface area contributed by atoms with Crippen LogP contribution in [0, 0.1) is 0 Å². The van der Waals surface area contributed by atoms with Crippen molar-refractivity contribution in [1.82, 2.24) is 4.98 Å². The highest BCUT2D eigenvalue weighted by molar-refractivity contribution is 5.62. The van der Waals surface area contributed by atoms with Crippen molar-refractivity contribution in [2.75, 3.05) is 5.32 Å². The Hall–Kier alpha value is -1.38. The number of pyridine rings is 1. The van der Waals surface area contributed by atoms with Crippen LogP contribution in [0.15, 0.2) is 24.4 Å². The molecule has 0 aliphatic rings. The Kier molecular flexibility index (Phi) is 2.60. The lowest BCUT2D eigenvalue weighted by molar-refractivity contribution is -0.108. The maximum Gasteiger partial charge on any atom is 0.141 e. The molecule has 0 bridgehead atoms. The molecular weight excluding hydrogens is 140 g/mol. The van der Waals surface area contributed by atoms with Crippen LogP contribution in [0.4, 0.5) is 5.82 Å². The smallest absolute Gasteiger partial charge is 0.141 e. The lowest BCUT2D eigenvalue weighted by Crippen LogP contribution is -2.16. The molecular formula is C8H10N2O. The summed E-state index contributed by atoms with van der Waals surface area (Å²) in [6.07, 6.45) is 2.52. The van der Waals surface area contributed by atoms with Crippen LogP contribution in [-0.4, -0.2) is 17.3 Å². The number of hydrogen-bond acceptors (Lipinski definition) is 3. The second-order valence-electron chi connectivity index (χ2n) is 2.28. The number of rotatable bonds is 3. The molecule has 0 spiro atoms. The van der Waals surface area contributed by atoms with Crippen molar-refractivity contribution in [2.45, 2.75) is 13.0 Å². The minimum absolute atomic E-state index is 0.176. The predicted octanol–water partition coefficient (Wildman–Crippen LogP) is 1.08. The van der Waals surface area contributed by atoms with Crippen LogP contribution in [0.2, 0.25) is 0 Å². The molecule has 0 saturated carbocycles. The molecule has 1 aromatic rings. The third kappa shape index (κ3) is 2.37. The number of aldehydes is 1. The molecule has 58 valence electrons. The maximum atomic E-state index is 10.2. The normalized spacial score (nSPS) is 12.1. The zero-order valence-electron chi connectivity index (χ0n) is 6.32.